The molecule has 0 aliphatic carbocycles. The number of nitrogens with zero attached hydrogens (tertiary/aromatic N) is 4. The molecule has 0 N–H and O–H groups in total. The minimum Gasteiger partial charge on any atom is -0.310 e. The molecule has 0 unspecified atom stereocenters. The standard InChI is InChI=1S/C19H25N4O4P/c1-5-26-28(25,27-6-2)13-16-19(17-9-7-8-10-23(17)21-16)15-12-22(14(3)4)18(24)11-20-15/h7-12,14H,5-6,13H2,1-4H3. The monoisotopic (exact) mass is 404 g/mol. The fourth-order valence-corrected chi connectivity index (χ4v) is 4.73. The molecule has 0 aliphatic heterocycles. The second-order valence-corrected chi connectivity index (χ2v) is 8.62. The Labute approximate surface area is 163 Å². The molecular weight excluding hydrogens is 379 g/mol. The third-order valence-corrected chi connectivity index (χ3v) is 6.24. The molecular formula is C19H25N4O4P. The highest BCUT2D eigenvalue weighted by molar-refractivity contribution is 7.53. The van der Waals surface area contributed by atoms with Gasteiger partial charge in [-0.1, -0.05) is 6.07 Å². The maximum atomic E-state index is 13.1. The Balaban J connectivity index is 2.19. The van der Waals surface area contributed by atoms with Crippen LogP contribution < -0.4 is 5.56 Å². The van der Waals surface area contributed by atoms with Crippen molar-refractivity contribution < 1.29 is 13.6 Å². The molecule has 28 heavy (non-hydrogen) atoms. The van der Waals surface area contributed by atoms with Crippen molar-refractivity contribution in [3.05, 3.63) is 52.8 Å². The average molecular weight is 404 g/mol. The lowest BCUT2D eigenvalue weighted by Crippen LogP contribution is -2.21. The van der Waals surface area contributed by atoms with E-state index in [2.05, 4.69) is 10.1 Å². The van der Waals surface area contributed by atoms with Crippen LogP contribution >= 0.6 is 7.60 Å². The zero-order valence-corrected chi connectivity index (χ0v) is 17.4. The molecule has 8 nitrogen and oxygen atoms in total. The molecule has 3 rings (SSSR count). The maximum absolute atomic E-state index is 13.1. The van der Waals surface area contributed by atoms with E-state index in [9.17, 15) is 9.36 Å². The van der Waals surface area contributed by atoms with Crippen LogP contribution in [0.2, 0.25) is 0 Å². The SMILES string of the molecule is CCOP(=O)(Cc1nn2ccccc2c1-c1cn(C(C)C)c(=O)cn1)OCC. The van der Waals surface area contributed by atoms with Gasteiger partial charge >= 0.3 is 7.60 Å². The summed E-state index contributed by atoms with van der Waals surface area (Å²) in [4.78, 5) is 16.5. The first kappa shape index (κ1) is 20.5. The van der Waals surface area contributed by atoms with Gasteiger partial charge < -0.3 is 13.6 Å². The summed E-state index contributed by atoms with van der Waals surface area (Å²) in [7, 11) is -3.36. The molecule has 0 aliphatic rings. The van der Waals surface area contributed by atoms with E-state index in [4.69, 9.17) is 9.05 Å². The van der Waals surface area contributed by atoms with Crippen molar-refractivity contribution in [2.24, 2.45) is 0 Å². The molecule has 0 amide bonds. The van der Waals surface area contributed by atoms with Gasteiger partial charge in [-0.25, -0.2) is 9.50 Å². The van der Waals surface area contributed by atoms with Crippen LogP contribution in [0.4, 0.5) is 0 Å². The summed E-state index contributed by atoms with van der Waals surface area (Å²) in [5.74, 6) is 0. The Bertz CT molecular complexity index is 1060. The average Bonchev–Trinajstić information content (AvgIpc) is 2.99. The molecule has 150 valence electrons. The van der Waals surface area contributed by atoms with E-state index in [1.807, 2.05) is 38.2 Å². The van der Waals surface area contributed by atoms with E-state index in [1.165, 1.54) is 6.20 Å². The Morgan fingerprint density at radius 1 is 1.18 bits per heavy atom. The van der Waals surface area contributed by atoms with Crippen molar-refractivity contribution in [2.75, 3.05) is 13.2 Å². The Kier molecular flexibility index (Phi) is 6.13. The molecule has 3 aromatic heterocycles. The third-order valence-electron chi connectivity index (χ3n) is 4.25. The van der Waals surface area contributed by atoms with Gasteiger partial charge in [-0.05, 0) is 39.8 Å². The smallest absolute Gasteiger partial charge is 0.310 e. The first-order valence-electron chi connectivity index (χ1n) is 9.31. The fourth-order valence-electron chi connectivity index (χ4n) is 3.10. The summed E-state index contributed by atoms with van der Waals surface area (Å²) in [6, 6.07) is 5.65. The number of pyridine rings is 1. The van der Waals surface area contributed by atoms with Crippen LogP contribution in [0.15, 0.2) is 41.6 Å². The van der Waals surface area contributed by atoms with Gasteiger partial charge in [0.15, 0.2) is 0 Å². The Morgan fingerprint density at radius 2 is 1.89 bits per heavy atom. The first-order valence-corrected chi connectivity index (χ1v) is 11.0. The van der Waals surface area contributed by atoms with Gasteiger partial charge in [0.25, 0.3) is 5.56 Å². The van der Waals surface area contributed by atoms with Crippen LogP contribution in [0.3, 0.4) is 0 Å². The van der Waals surface area contributed by atoms with E-state index >= 15 is 0 Å². The molecule has 3 heterocycles. The van der Waals surface area contributed by atoms with Crippen molar-refractivity contribution in [1.82, 2.24) is 19.2 Å². The molecule has 0 radical (unpaired) electrons. The number of hydrogen-bond donors (Lipinski definition) is 0. The molecule has 0 bridgehead atoms. The predicted molar refractivity (Wildman–Crippen MR) is 108 cm³/mol. The van der Waals surface area contributed by atoms with Crippen LogP contribution in [-0.2, 0) is 19.8 Å². The van der Waals surface area contributed by atoms with Gasteiger partial charge in [0, 0.05) is 18.4 Å². The van der Waals surface area contributed by atoms with Crippen molar-refractivity contribution >= 4 is 13.1 Å². The van der Waals surface area contributed by atoms with Crippen LogP contribution in [0.1, 0.15) is 39.4 Å². The molecule has 0 saturated heterocycles. The minimum absolute atomic E-state index is 0.0162. The van der Waals surface area contributed by atoms with Gasteiger partial charge in [0.2, 0.25) is 0 Å². The summed E-state index contributed by atoms with van der Waals surface area (Å²) in [6.45, 7) is 7.96. The lowest BCUT2D eigenvalue weighted by Gasteiger charge is -2.16. The van der Waals surface area contributed by atoms with Crippen LogP contribution in [0, 0.1) is 0 Å². The highest BCUT2D eigenvalue weighted by Crippen LogP contribution is 2.52. The lowest BCUT2D eigenvalue weighted by molar-refractivity contribution is 0.219. The summed E-state index contributed by atoms with van der Waals surface area (Å²) in [6.07, 6.45) is 4.85. The van der Waals surface area contributed by atoms with E-state index in [0.29, 0.717) is 11.4 Å². The summed E-state index contributed by atoms with van der Waals surface area (Å²) >= 11 is 0. The summed E-state index contributed by atoms with van der Waals surface area (Å²) < 4.78 is 27.3. The van der Waals surface area contributed by atoms with E-state index in [-0.39, 0.29) is 31.0 Å². The number of rotatable bonds is 8. The predicted octanol–water partition coefficient (Wildman–Crippen LogP) is 3.91. The largest absolute Gasteiger partial charge is 0.336 e. The van der Waals surface area contributed by atoms with Crippen LogP contribution in [0.5, 0.6) is 0 Å². The molecule has 9 heteroatoms. The van der Waals surface area contributed by atoms with Gasteiger partial charge in [-0.2, -0.15) is 5.10 Å². The van der Waals surface area contributed by atoms with Gasteiger partial charge in [-0.3, -0.25) is 9.36 Å². The number of fused-ring (bicyclic) bond motifs is 1. The highest BCUT2D eigenvalue weighted by Gasteiger charge is 2.29. The Morgan fingerprint density at radius 3 is 2.54 bits per heavy atom. The third kappa shape index (κ3) is 4.09. The zero-order valence-electron chi connectivity index (χ0n) is 16.5. The molecule has 0 saturated carbocycles. The number of hydrogen-bond acceptors (Lipinski definition) is 6. The molecule has 0 fully saturated rings. The van der Waals surface area contributed by atoms with E-state index in [0.717, 1.165) is 11.1 Å². The highest BCUT2D eigenvalue weighted by atomic mass is 31.2. The van der Waals surface area contributed by atoms with Crippen molar-refractivity contribution in [3.8, 4) is 11.3 Å². The second kappa shape index (κ2) is 8.39. The minimum atomic E-state index is -3.36. The van der Waals surface area contributed by atoms with Gasteiger partial charge in [0.05, 0.1) is 48.0 Å². The van der Waals surface area contributed by atoms with Crippen LogP contribution in [-0.4, -0.2) is 32.4 Å². The van der Waals surface area contributed by atoms with Crippen molar-refractivity contribution in [1.29, 1.82) is 0 Å². The molecule has 3 aromatic rings. The first-order chi connectivity index (χ1) is 13.4. The quantitative estimate of drug-likeness (QED) is 0.529. The molecule has 0 aromatic carbocycles. The van der Waals surface area contributed by atoms with Crippen molar-refractivity contribution in [3.63, 3.8) is 0 Å². The second-order valence-electron chi connectivity index (χ2n) is 6.57. The Hall–Kier alpha value is -2.28. The van der Waals surface area contributed by atoms with Gasteiger partial charge in [-0.15, -0.1) is 0 Å². The topological polar surface area (TPSA) is 87.7 Å². The molecule has 0 spiro atoms. The fraction of sp³-hybridized carbons (Fsp3) is 0.421. The van der Waals surface area contributed by atoms with Gasteiger partial charge in [0.1, 0.15) is 0 Å². The summed E-state index contributed by atoms with van der Waals surface area (Å²) in [5, 5.41) is 4.59. The van der Waals surface area contributed by atoms with Crippen molar-refractivity contribution in [2.45, 2.75) is 39.9 Å². The normalized spacial score (nSPS) is 12.2. The van der Waals surface area contributed by atoms with Crippen LogP contribution in [0.25, 0.3) is 16.8 Å². The van der Waals surface area contributed by atoms with E-state index in [1.54, 1.807) is 29.1 Å². The van der Waals surface area contributed by atoms with E-state index < -0.39 is 7.60 Å². The lowest BCUT2D eigenvalue weighted by atomic mass is 10.1. The number of aromatic nitrogens is 4. The zero-order chi connectivity index (χ0) is 20.3. The molecule has 0 atom stereocenters. The maximum Gasteiger partial charge on any atom is 0.336 e. The summed E-state index contributed by atoms with van der Waals surface area (Å²) in [5.41, 5.74) is 2.49.